The minimum absolute atomic E-state index is 0.0987. The smallest absolute Gasteiger partial charge is 0.167 e. The molecule has 0 atom stereocenters. The van der Waals surface area contributed by atoms with E-state index in [1.54, 1.807) is 0 Å². The van der Waals surface area contributed by atoms with Gasteiger partial charge in [-0.1, -0.05) is 54.6 Å². The van der Waals surface area contributed by atoms with Crippen molar-refractivity contribution in [2.24, 2.45) is 0 Å². The molecule has 162 valence electrons. The van der Waals surface area contributed by atoms with Crippen LogP contribution in [-0.4, -0.2) is 12.8 Å². The zero-order valence-corrected chi connectivity index (χ0v) is 18.7. The van der Waals surface area contributed by atoms with Crippen molar-refractivity contribution < 1.29 is 13.5 Å². The van der Waals surface area contributed by atoms with Crippen LogP contribution in [0.4, 0.5) is 8.78 Å². The molecule has 0 fully saturated rings. The second-order valence-electron chi connectivity index (χ2n) is 7.67. The normalized spacial score (nSPS) is 11.3. The van der Waals surface area contributed by atoms with Crippen molar-refractivity contribution in [3.05, 3.63) is 121 Å². The van der Waals surface area contributed by atoms with Crippen LogP contribution in [0.25, 0.3) is 0 Å². The Balaban J connectivity index is 1.58. The molecule has 4 heteroatoms. The van der Waals surface area contributed by atoms with Gasteiger partial charge in [-0.2, -0.15) is 0 Å². The number of ether oxygens (including phenoxy) is 1. The first-order valence-corrected chi connectivity index (χ1v) is 12.8. The zero-order valence-electron chi connectivity index (χ0n) is 17.8. The molecule has 1 nitrogen and oxygen atoms in total. The van der Waals surface area contributed by atoms with Crippen molar-refractivity contribution in [2.45, 2.75) is 12.8 Å². The highest BCUT2D eigenvalue weighted by atomic mass is 31.2. The summed E-state index contributed by atoms with van der Waals surface area (Å²) in [6, 6.07) is 35.6. The van der Waals surface area contributed by atoms with E-state index >= 15 is 0 Å². The molecule has 0 aliphatic heterocycles. The van der Waals surface area contributed by atoms with Gasteiger partial charge in [-0.25, -0.2) is 8.78 Å². The first-order valence-electron chi connectivity index (χ1n) is 10.8. The first-order chi connectivity index (χ1) is 15.7. The second-order valence-corrected chi connectivity index (χ2v) is 11.3. The number of hydrogen-bond donors (Lipinski definition) is 0. The zero-order chi connectivity index (χ0) is 22.2. The Bertz CT molecular complexity index is 1020. The molecule has 0 amide bonds. The Hall–Kier alpha value is -3.03. The minimum Gasteiger partial charge on any atom is -0.491 e. The lowest BCUT2D eigenvalue weighted by molar-refractivity contribution is 0.293. The summed E-state index contributed by atoms with van der Waals surface area (Å²) in [5, 5.41) is 4.05. The third kappa shape index (κ3) is 4.89. The summed E-state index contributed by atoms with van der Waals surface area (Å²) < 4.78 is 32.6. The third-order valence-corrected chi connectivity index (χ3v) is 10.2. The number of unbranched alkanes of at least 4 members (excludes halogenated alkanes) is 1. The lowest BCUT2D eigenvalue weighted by Crippen LogP contribution is -2.33. The van der Waals surface area contributed by atoms with Crippen molar-refractivity contribution >= 4 is 23.2 Å². The topological polar surface area (TPSA) is 9.23 Å². The van der Waals surface area contributed by atoms with Crippen LogP contribution in [-0.2, 0) is 0 Å². The lowest BCUT2D eigenvalue weighted by atomic mass is 10.3. The molecule has 0 aliphatic rings. The van der Waals surface area contributed by atoms with Crippen LogP contribution in [0.2, 0.25) is 0 Å². The Kier molecular flexibility index (Phi) is 7.29. The van der Waals surface area contributed by atoms with Gasteiger partial charge >= 0.3 is 0 Å². The fourth-order valence-corrected chi connectivity index (χ4v) is 8.52. The second kappa shape index (κ2) is 10.5. The van der Waals surface area contributed by atoms with Crippen LogP contribution in [0.15, 0.2) is 109 Å². The SMILES string of the molecule is Fc1ccc(OCCCC[P+](c2ccccc2)(c2ccccc2)c2ccccc2)c(F)c1. The van der Waals surface area contributed by atoms with Crippen molar-refractivity contribution in [1.29, 1.82) is 0 Å². The number of hydrogen-bond acceptors (Lipinski definition) is 1. The van der Waals surface area contributed by atoms with E-state index in [9.17, 15) is 8.78 Å². The molecule has 0 aromatic heterocycles. The van der Waals surface area contributed by atoms with Crippen LogP contribution in [0.3, 0.4) is 0 Å². The van der Waals surface area contributed by atoms with Crippen LogP contribution in [0.1, 0.15) is 12.8 Å². The van der Waals surface area contributed by atoms with Gasteiger partial charge in [-0.05, 0) is 61.4 Å². The summed E-state index contributed by atoms with van der Waals surface area (Å²) in [5.41, 5.74) is 0. The van der Waals surface area contributed by atoms with Gasteiger partial charge in [-0.3, -0.25) is 0 Å². The summed E-state index contributed by atoms with van der Waals surface area (Å²) in [6.45, 7) is 0.390. The highest BCUT2D eigenvalue weighted by Gasteiger charge is 2.44. The van der Waals surface area contributed by atoms with Crippen molar-refractivity contribution in [2.75, 3.05) is 12.8 Å². The highest BCUT2D eigenvalue weighted by Crippen LogP contribution is 2.55. The van der Waals surface area contributed by atoms with Gasteiger partial charge in [0.2, 0.25) is 0 Å². The van der Waals surface area contributed by atoms with E-state index in [2.05, 4.69) is 91.0 Å². The monoisotopic (exact) mass is 447 g/mol. The largest absolute Gasteiger partial charge is 0.491 e. The van der Waals surface area contributed by atoms with Crippen molar-refractivity contribution in [3.8, 4) is 5.75 Å². The molecule has 4 aromatic carbocycles. The van der Waals surface area contributed by atoms with E-state index in [0.717, 1.165) is 25.1 Å². The van der Waals surface area contributed by atoms with Gasteiger partial charge in [0.05, 0.1) is 12.8 Å². The van der Waals surface area contributed by atoms with E-state index in [4.69, 9.17) is 4.74 Å². The summed E-state index contributed by atoms with van der Waals surface area (Å²) >= 11 is 0. The maximum absolute atomic E-state index is 13.9. The quantitative estimate of drug-likeness (QED) is 0.222. The summed E-state index contributed by atoms with van der Waals surface area (Å²) in [4.78, 5) is 0. The van der Waals surface area contributed by atoms with Gasteiger partial charge in [0.15, 0.2) is 11.6 Å². The van der Waals surface area contributed by atoms with Crippen LogP contribution >= 0.6 is 7.26 Å². The predicted octanol–water partition coefficient (Wildman–Crippen LogP) is 6.12. The van der Waals surface area contributed by atoms with Gasteiger partial charge in [0, 0.05) is 6.07 Å². The lowest BCUT2D eigenvalue weighted by Gasteiger charge is -2.27. The molecule has 0 N–H and O–H groups in total. The Morgan fingerprint density at radius 1 is 0.594 bits per heavy atom. The van der Waals surface area contributed by atoms with E-state index < -0.39 is 18.9 Å². The third-order valence-electron chi connectivity index (χ3n) is 5.63. The molecule has 4 aromatic rings. The van der Waals surface area contributed by atoms with E-state index in [1.165, 1.54) is 28.0 Å². The molecule has 0 saturated heterocycles. The average Bonchev–Trinajstić information content (AvgIpc) is 2.84. The fourth-order valence-electron chi connectivity index (χ4n) is 4.11. The molecule has 0 spiro atoms. The van der Waals surface area contributed by atoms with Gasteiger partial charge in [0.1, 0.15) is 29.0 Å². The van der Waals surface area contributed by atoms with Gasteiger partial charge in [0.25, 0.3) is 0 Å². The molecule has 4 rings (SSSR count). The Labute approximate surface area is 189 Å². The average molecular weight is 447 g/mol. The number of rotatable bonds is 9. The Morgan fingerprint density at radius 3 is 1.56 bits per heavy atom. The Morgan fingerprint density at radius 2 is 1.09 bits per heavy atom. The molecular formula is C28H26F2OP+. The molecule has 32 heavy (non-hydrogen) atoms. The molecule has 0 bridgehead atoms. The van der Waals surface area contributed by atoms with Crippen LogP contribution in [0.5, 0.6) is 5.75 Å². The molecule has 0 radical (unpaired) electrons. The summed E-state index contributed by atoms with van der Waals surface area (Å²) in [5.74, 6) is -1.16. The van der Waals surface area contributed by atoms with Crippen LogP contribution < -0.4 is 20.7 Å². The molecule has 0 unspecified atom stereocenters. The number of halogens is 2. The van der Waals surface area contributed by atoms with E-state index in [-0.39, 0.29) is 5.75 Å². The molecule has 0 heterocycles. The number of benzene rings is 4. The summed E-state index contributed by atoms with van der Waals surface area (Å²) in [6.07, 6.45) is 2.70. The minimum atomic E-state index is -1.86. The van der Waals surface area contributed by atoms with Crippen molar-refractivity contribution in [3.63, 3.8) is 0 Å². The van der Waals surface area contributed by atoms with E-state index in [0.29, 0.717) is 6.61 Å². The highest BCUT2D eigenvalue weighted by molar-refractivity contribution is 7.95. The molecule has 0 aliphatic carbocycles. The summed E-state index contributed by atoms with van der Waals surface area (Å²) in [7, 11) is -1.86. The van der Waals surface area contributed by atoms with Gasteiger partial charge < -0.3 is 4.74 Å². The molecule has 0 saturated carbocycles. The molecular weight excluding hydrogens is 421 g/mol. The predicted molar refractivity (Wildman–Crippen MR) is 131 cm³/mol. The maximum Gasteiger partial charge on any atom is 0.167 e. The maximum atomic E-state index is 13.9. The standard InChI is InChI=1S/C28H26F2OP/c29-23-18-19-28(27(30)22-23)31-20-10-11-21-32(24-12-4-1-5-13-24,25-14-6-2-7-15-25)26-16-8-3-9-17-26/h1-9,12-19,22H,10-11,20-21H2/q+1. The first kappa shape index (κ1) is 22.2. The van der Waals surface area contributed by atoms with E-state index in [1.807, 2.05) is 0 Å². The van der Waals surface area contributed by atoms with Crippen molar-refractivity contribution in [1.82, 2.24) is 0 Å². The van der Waals surface area contributed by atoms with Crippen LogP contribution in [0, 0.1) is 11.6 Å². The fraction of sp³-hybridized carbons (Fsp3) is 0.143. The van der Waals surface area contributed by atoms with Gasteiger partial charge in [-0.15, -0.1) is 0 Å².